The van der Waals surface area contributed by atoms with Crippen molar-refractivity contribution >= 4 is 10.2 Å². The van der Waals surface area contributed by atoms with Gasteiger partial charge in [-0.05, 0) is 0 Å². The van der Waals surface area contributed by atoms with E-state index in [4.69, 9.17) is 5.14 Å². The van der Waals surface area contributed by atoms with Crippen LogP contribution in [0.3, 0.4) is 0 Å². The lowest BCUT2D eigenvalue weighted by Gasteiger charge is -1.97. The van der Waals surface area contributed by atoms with Crippen LogP contribution < -0.4 is 9.86 Å². The number of hydrogen-bond acceptors (Lipinski definition) is 3. The zero-order valence-electron chi connectivity index (χ0n) is 6.56. The highest BCUT2D eigenvalue weighted by Crippen LogP contribution is 1.94. The lowest BCUT2D eigenvalue weighted by Crippen LogP contribution is -2.30. The van der Waals surface area contributed by atoms with Crippen LogP contribution >= 0.6 is 0 Å². The van der Waals surface area contributed by atoms with Gasteiger partial charge in [-0.2, -0.15) is 18.2 Å². The summed E-state index contributed by atoms with van der Waals surface area (Å²) in [6.45, 7) is 0.173. The van der Waals surface area contributed by atoms with Crippen molar-refractivity contribution in [3.8, 4) is 0 Å². The second-order valence-corrected chi connectivity index (χ2v) is 3.77. The van der Waals surface area contributed by atoms with Crippen LogP contribution in [0.15, 0.2) is 12.4 Å². The molecule has 0 aliphatic heterocycles. The molecule has 0 unspecified atom stereocenters. The average Bonchev–Trinajstić information content (AvgIpc) is 2.30. The summed E-state index contributed by atoms with van der Waals surface area (Å²) in [6.07, 6.45) is 3.27. The second kappa shape index (κ2) is 3.21. The predicted molar refractivity (Wildman–Crippen MR) is 43.2 cm³/mol. The van der Waals surface area contributed by atoms with Gasteiger partial charge in [0.2, 0.25) is 0 Å². The number of aromatic nitrogens is 2. The smallest absolute Gasteiger partial charge is 0.274 e. The molecule has 1 heterocycles. The summed E-state index contributed by atoms with van der Waals surface area (Å²) in [5.74, 6) is 0. The fourth-order valence-electron chi connectivity index (χ4n) is 0.747. The summed E-state index contributed by atoms with van der Waals surface area (Å²) < 4.78 is 24.6. The first-order valence-electron chi connectivity index (χ1n) is 3.22. The van der Waals surface area contributed by atoms with Crippen molar-refractivity contribution < 1.29 is 8.42 Å². The molecule has 0 radical (unpaired) electrons. The molecule has 3 N–H and O–H groups in total. The van der Waals surface area contributed by atoms with E-state index in [0.29, 0.717) is 0 Å². The minimum atomic E-state index is -3.60. The van der Waals surface area contributed by atoms with E-state index in [9.17, 15) is 8.42 Å². The Morgan fingerprint density at radius 2 is 2.42 bits per heavy atom. The van der Waals surface area contributed by atoms with Crippen LogP contribution in [0, 0.1) is 0 Å². The van der Waals surface area contributed by atoms with E-state index in [-0.39, 0.29) is 6.54 Å². The van der Waals surface area contributed by atoms with Gasteiger partial charge in [0.1, 0.15) is 0 Å². The zero-order chi connectivity index (χ0) is 9.19. The van der Waals surface area contributed by atoms with Crippen molar-refractivity contribution in [3.63, 3.8) is 0 Å². The molecule has 0 fully saturated rings. The van der Waals surface area contributed by atoms with Gasteiger partial charge >= 0.3 is 0 Å². The molecule has 6 nitrogen and oxygen atoms in total. The standard InChI is InChI=1S/C5H10N4O2S/c1-9-4-5(2-7-9)3-8-12(6,10)11/h2,4,8H,3H2,1H3,(H2,6,10,11). The van der Waals surface area contributed by atoms with Crippen LogP contribution in [0.1, 0.15) is 5.56 Å². The lowest BCUT2D eigenvalue weighted by atomic mass is 10.4. The molecular formula is C5H10N4O2S. The summed E-state index contributed by atoms with van der Waals surface area (Å²) in [5, 5.41) is 8.58. The Labute approximate surface area is 70.6 Å². The van der Waals surface area contributed by atoms with Crippen LogP contribution in [0.2, 0.25) is 0 Å². The molecule has 0 bridgehead atoms. The van der Waals surface area contributed by atoms with Gasteiger partial charge in [-0.3, -0.25) is 4.68 Å². The summed E-state index contributed by atoms with van der Waals surface area (Å²) in [7, 11) is -1.85. The molecule has 0 atom stereocenters. The van der Waals surface area contributed by atoms with E-state index >= 15 is 0 Å². The quantitative estimate of drug-likeness (QED) is 0.621. The Bertz CT molecular complexity index is 355. The monoisotopic (exact) mass is 190 g/mol. The van der Waals surface area contributed by atoms with E-state index in [1.807, 2.05) is 0 Å². The lowest BCUT2D eigenvalue weighted by molar-refractivity contribution is 0.583. The molecule has 68 valence electrons. The molecule has 0 saturated carbocycles. The SMILES string of the molecule is Cn1cc(CNS(N)(=O)=O)cn1. The number of nitrogens with two attached hydrogens (primary N) is 1. The first kappa shape index (κ1) is 9.17. The van der Waals surface area contributed by atoms with Gasteiger partial charge in [-0.15, -0.1) is 0 Å². The maximum atomic E-state index is 10.5. The Morgan fingerprint density at radius 3 is 2.83 bits per heavy atom. The predicted octanol–water partition coefficient (Wildman–Crippen LogP) is -1.29. The van der Waals surface area contributed by atoms with Crippen LogP contribution in [0.25, 0.3) is 0 Å². The van der Waals surface area contributed by atoms with Crippen LogP contribution in [-0.4, -0.2) is 18.2 Å². The van der Waals surface area contributed by atoms with Crippen molar-refractivity contribution in [2.24, 2.45) is 12.2 Å². The molecule has 0 aromatic carbocycles. The maximum Gasteiger partial charge on any atom is 0.274 e. The molecule has 12 heavy (non-hydrogen) atoms. The van der Waals surface area contributed by atoms with Gasteiger partial charge in [0.05, 0.1) is 6.20 Å². The van der Waals surface area contributed by atoms with Crippen LogP contribution in [0.5, 0.6) is 0 Å². The Hall–Kier alpha value is -0.920. The minimum Gasteiger partial charge on any atom is -0.275 e. The molecular weight excluding hydrogens is 180 g/mol. The van der Waals surface area contributed by atoms with Crippen molar-refractivity contribution in [3.05, 3.63) is 18.0 Å². The number of nitrogens with zero attached hydrogens (tertiary/aromatic N) is 2. The second-order valence-electron chi connectivity index (χ2n) is 2.39. The number of rotatable bonds is 3. The fraction of sp³-hybridized carbons (Fsp3) is 0.400. The summed E-state index contributed by atoms with van der Waals surface area (Å²) >= 11 is 0. The third-order valence-electron chi connectivity index (χ3n) is 1.24. The van der Waals surface area contributed by atoms with E-state index in [2.05, 4.69) is 9.82 Å². The Balaban J connectivity index is 2.55. The van der Waals surface area contributed by atoms with Crippen molar-refractivity contribution in [2.75, 3.05) is 0 Å². The molecule has 0 aliphatic rings. The van der Waals surface area contributed by atoms with Gasteiger partial charge in [-0.25, -0.2) is 5.14 Å². The van der Waals surface area contributed by atoms with Gasteiger partial charge in [-0.1, -0.05) is 0 Å². The Morgan fingerprint density at radius 1 is 1.75 bits per heavy atom. The summed E-state index contributed by atoms with van der Waals surface area (Å²) in [6, 6.07) is 0. The molecule has 1 aromatic rings. The zero-order valence-corrected chi connectivity index (χ0v) is 7.37. The van der Waals surface area contributed by atoms with Crippen molar-refractivity contribution in [1.29, 1.82) is 0 Å². The number of nitrogens with one attached hydrogen (secondary N) is 1. The highest BCUT2D eigenvalue weighted by atomic mass is 32.2. The fourth-order valence-corrected chi connectivity index (χ4v) is 1.11. The number of hydrogen-bond donors (Lipinski definition) is 2. The van der Waals surface area contributed by atoms with E-state index < -0.39 is 10.2 Å². The van der Waals surface area contributed by atoms with Gasteiger partial charge in [0.25, 0.3) is 10.2 Å². The molecule has 1 rings (SSSR count). The topological polar surface area (TPSA) is 90.0 Å². The van der Waals surface area contributed by atoms with Gasteiger partial charge in [0.15, 0.2) is 0 Å². The Kier molecular flexibility index (Phi) is 2.46. The third-order valence-corrected chi connectivity index (χ3v) is 1.78. The molecule has 0 amide bonds. The molecule has 7 heteroatoms. The first-order chi connectivity index (χ1) is 5.47. The molecule has 1 aromatic heterocycles. The highest BCUT2D eigenvalue weighted by Gasteiger charge is 2.01. The van der Waals surface area contributed by atoms with Crippen LogP contribution in [0.4, 0.5) is 0 Å². The maximum absolute atomic E-state index is 10.5. The third kappa shape index (κ3) is 2.99. The minimum absolute atomic E-state index is 0.173. The molecule has 0 aliphatic carbocycles. The normalized spacial score (nSPS) is 11.8. The van der Waals surface area contributed by atoms with Crippen molar-refractivity contribution in [2.45, 2.75) is 6.54 Å². The van der Waals surface area contributed by atoms with E-state index in [0.717, 1.165) is 5.56 Å². The summed E-state index contributed by atoms with van der Waals surface area (Å²) in [5.41, 5.74) is 0.770. The van der Waals surface area contributed by atoms with E-state index in [1.54, 1.807) is 24.1 Å². The van der Waals surface area contributed by atoms with E-state index in [1.165, 1.54) is 0 Å². The molecule has 0 spiro atoms. The average molecular weight is 190 g/mol. The van der Waals surface area contributed by atoms with Gasteiger partial charge in [0, 0.05) is 25.4 Å². The largest absolute Gasteiger partial charge is 0.275 e. The molecule has 0 saturated heterocycles. The van der Waals surface area contributed by atoms with Gasteiger partial charge < -0.3 is 0 Å². The van der Waals surface area contributed by atoms with Crippen LogP contribution in [-0.2, 0) is 23.8 Å². The summed E-state index contributed by atoms with van der Waals surface area (Å²) in [4.78, 5) is 0. The van der Waals surface area contributed by atoms with Crippen molar-refractivity contribution in [1.82, 2.24) is 14.5 Å². The first-order valence-corrected chi connectivity index (χ1v) is 4.77. The highest BCUT2D eigenvalue weighted by molar-refractivity contribution is 7.87. The number of aryl methyl sites for hydroxylation is 1.